The van der Waals surface area contributed by atoms with Crippen molar-refractivity contribution in [1.29, 1.82) is 0 Å². The van der Waals surface area contributed by atoms with E-state index in [1.807, 2.05) is 18.2 Å². The van der Waals surface area contributed by atoms with Gasteiger partial charge in [-0.15, -0.1) is 0 Å². The zero-order valence-corrected chi connectivity index (χ0v) is 16.8. The van der Waals surface area contributed by atoms with Crippen LogP contribution < -0.4 is 5.32 Å². The fourth-order valence-corrected chi connectivity index (χ4v) is 5.54. The van der Waals surface area contributed by atoms with Crippen molar-refractivity contribution in [3.05, 3.63) is 39.3 Å². The second kappa shape index (κ2) is 7.04. The summed E-state index contributed by atoms with van der Waals surface area (Å²) in [6, 6.07) is 6.63. The third kappa shape index (κ3) is 3.58. The fourth-order valence-electron chi connectivity index (χ4n) is 3.04. The molecule has 1 fully saturated rings. The molecule has 7 nitrogen and oxygen atoms in total. The second-order valence-electron chi connectivity index (χ2n) is 5.93. The van der Waals surface area contributed by atoms with Crippen molar-refractivity contribution in [2.45, 2.75) is 37.6 Å². The molecule has 1 amide bonds. The molecule has 1 N–H and O–H groups in total. The number of carbonyl (C=O) groups excluding carboxylic acids is 1. The number of rotatable bonds is 4. The minimum absolute atomic E-state index is 0.0569. The Morgan fingerprint density at radius 2 is 2.16 bits per heavy atom. The molecule has 1 saturated heterocycles. The molecule has 0 spiro atoms. The number of nitrogens with one attached hydrogen (secondary N) is 1. The molecule has 0 aliphatic carbocycles. The Hall–Kier alpha value is -1.46. The number of amides is 1. The molecular weight excluding hydrogens is 457 g/mol. The van der Waals surface area contributed by atoms with E-state index >= 15 is 0 Å². The highest BCUT2D eigenvalue weighted by atomic mass is 127. The Labute approximate surface area is 159 Å². The monoisotopic (exact) mass is 475 g/mol. The van der Waals surface area contributed by atoms with Gasteiger partial charge in [-0.1, -0.05) is 11.2 Å². The largest absolute Gasteiger partial charge is 0.360 e. The number of halogens is 1. The van der Waals surface area contributed by atoms with Crippen LogP contribution >= 0.6 is 22.6 Å². The lowest BCUT2D eigenvalue weighted by atomic mass is 10.2. The first-order valence-corrected chi connectivity index (χ1v) is 10.3. The van der Waals surface area contributed by atoms with E-state index in [9.17, 15) is 13.2 Å². The Bertz CT molecular complexity index is 890. The maximum atomic E-state index is 13.0. The van der Waals surface area contributed by atoms with Crippen molar-refractivity contribution >= 4 is 44.2 Å². The van der Waals surface area contributed by atoms with E-state index in [2.05, 4.69) is 33.1 Å². The minimum Gasteiger partial charge on any atom is -0.360 e. The molecule has 134 valence electrons. The van der Waals surface area contributed by atoms with E-state index in [0.717, 1.165) is 3.57 Å². The summed E-state index contributed by atoms with van der Waals surface area (Å²) in [5.41, 5.74) is 0.958. The lowest BCUT2D eigenvalue weighted by molar-refractivity contribution is -0.119. The van der Waals surface area contributed by atoms with Crippen molar-refractivity contribution in [3.63, 3.8) is 0 Å². The predicted octanol–water partition coefficient (Wildman–Crippen LogP) is 2.69. The standard InChI is InChI=1S/C16H18IN3O4S/c1-10-15(11(2)24-19-10)25(22,23)20-8-4-7-14(20)16(21)18-13-6-3-5-12(17)9-13/h3,5-6,9,14H,4,7-8H2,1-2H3,(H,18,21)/t14-/m1/s1. The van der Waals surface area contributed by atoms with Crippen LogP contribution in [0.2, 0.25) is 0 Å². The maximum Gasteiger partial charge on any atom is 0.249 e. The van der Waals surface area contributed by atoms with E-state index in [1.54, 1.807) is 19.9 Å². The number of aryl methyl sites for hydroxylation is 2. The summed E-state index contributed by atoms with van der Waals surface area (Å²) < 4.78 is 33.2. The van der Waals surface area contributed by atoms with Gasteiger partial charge in [0, 0.05) is 15.8 Å². The lowest BCUT2D eigenvalue weighted by Crippen LogP contribution is -2.43. The summed E-state index contributed by atoms with van der Waals surface area (Å²) >= 11 is 2.16. The zero-order chi connectivity index (χ0) is 18.2. The fraction of sp³-hybridized carbons (Fsp3) is 0.375. The highest BCUT2D eigenvalue weighted by Crippen LogP contribution is 2.30. The van der Waals surface area contributed by atoms with Crippen LogP contribution in [0.4, 0.5) is 5.69 Å². The molecule has 25 heavy (non-hydrogen) atoms. The molecule has 2 heterocycles. The van der Waals surface area contributed by atoms with Gasteiger partial charge < -0.3 is 9.84 Å². The molecule has 0 bridgehead atoms. The second-order valence-corrected chi connectivity index (χ2v) is 9.00. The normalized spacial score (nSPS) is 18.4. The van der Waals surface area contributed by atoms with Gasteiger partial charge in [0.25, 0.3) is 0 Å². The quantitative estimate of drug-likeness (QED) is 0.687. The van der Waals surface area contributed by atoms with Gasteiger partial charge in [0.1, 0.15) is 16.6 Å². The Kier molecular flexibility index (Phi) is 5.16. The Morgan fingerprint density at radius 3 is 2.80 bits per heavy atom. The van der Waals surface area contributed by atoms with E-state index in [-0.39, 0.29) is 16.6 Å². The molecule has 0 radical (unpaired) electrons. The van der Waals surface area contributed by atoms with Crippen LogP contribution in [0.1, 0.15) is 24.3 Å². The molecule has 9 heteroatoms. The number of hydrogen-bond donors (Lipinski definition) is 1. The van der Waals surface area contributed by atoms with Gasteiger partial charge in [-0.3, -0.25) is 4.79 Å². The summed E-state index contributed by atoms with van der Waals surface area (Å²) in [7, 11) is -3.84. The highest BCUT2D eigenvalue weighted by Gasteiger charge is 2.41. The number of hydrogen-bond acceptors (Lipinski definition) is 5. The predicted molar refractivity (Wildman–Crippen MR) is 101 cm³/mol. The first-order chi connectivity index (χ1) is 11.8. The number of nitrogens with zero attached hydrogens (tertiary/aromatic N) is 2. The molecular formula is C16H18IN3O4S. The van der Waals surface area contributed by atoms with Gasteiger partial charge in [-0.2, -0.15) is 4.31 Å². The molecule has 1 aromatic heterocycles. The van der Waals surface area contributed by atoms with Gasteiger partial charge in [0.15, 0.2) is 5.76 Å². The van der Waals surface area contributed by atoms with Crippen LogP contribution in [-0.2, 0) is 14.8 Å². The van der Waals surface area contributed by atoms with Gasteiger partial charge >= 0.3 is 0 Å². The molecule has 1 aliphatic rings. The number of carbonyl (C=O) groups is 1. The summed E-state index contributed by atoms with van der Waals surface area (Å²) in [4.78, 5) is 12.7. The van der Waals surface area contributed by atoms with E-state index in [0.29, 0.717) is 30.8 Å². The van der Waals surface area contributed by atoms with Crippen LogP contribution in [0, 0.1) is 17.4 Å². The third-order valence-electron chi connectivity index (χ3n) is 4.13. The molecule has 3 rings (SSSR count). The van der Waals surface area contributed by atoms with Crippen molar-refractivity contribution < 1.29 is 17.7 Å². The van der Waals surface area contributed by atoms with Crippen LogP contribution in [0.15, 0.2) is 33.7 Å². The third-order valence-corrected chi connectivity index (χ3v) is 6.96. The minimum atomic E-state index is -3.84. The zero-order valence-electron chi connectivity index (χ0n) is 13.8. The van der Waals surface area contributed by atoms with Crippen molar-refractivity contribution in [1.82, 2.24) is 9.46 Å². The van der Waals surface area contributed by atoms with Gasteiger partial charge in [0.05, 0.1) is 0 Å². The average molecular weight is 475 g/mol. The first kappa shape index (κ1) is 18.3. The molecule has 0 unspecified atom stereocenters. The Balaban J connectivity index is 1.86. The van der Waals surface area contributed by atoms with Crippen LogP contribution in [0.3, 0.4) is 0 Å². The summed E-state index contributed by atoms with van der Waals surface area (Å²) in [6.07, 6.45) is 1.12. The molecule has 1 atom stereocenters. The van der Waals surface area contributed by atoms with Gasteiger partial charge in [-0.25, -0.2) is 8.42 Å². The van der Waals surface area contributed by atoms with Crippen LogP contribution in [-0.4, -0.2) is 36.4 Å². The highest BCUT2D eigenvalue weighted by molar-refractivity contribution is 14.1. The number of anilines is 1. The molecule has 0 saturated carbocycles. The van der Waals surface area contributed by atoms with Crippen molar-refractivity contribution in [3.8, 4) is 0 Å². The Morgan fingerprint density at radius 1 is 1.40 bits per heavy atom. The maximum absolute atomic E-state index is 13.0. The van der Waals surface area contributed by atoms with Crippen LogP contribution in [0.5, 0.6) is 0 Å². The van der Waals surface area contributed by atoms with Gasteiger partial charge in [0.2, 0.25) is 15.9 Å². The number of sulfonamides is 1. The smallest absolute Gasteiger partial charge is 0.249 e. The number of benzene rings is 1. The molecule has 1 aromatic carbocycles. The first-order valence-electron chi connectivity index (χ1n) is 7.82. The summed E-state index contributed by atoms with van der Waals surface area (Å²) in [6.45, 7) is 3.45. The van der Waals surface area contributed by atoms with E-state index in [1.165, 1.54) is 4.31 Å². The SMILES string of the molecule is Cc1noc(C)c1S(=O)(=O)N1CCC[C@@H]1C(=O)Nc1cccc(I)c1. The van der Waals surface area contributed by atoms with Crippen molar-refractivity contribution in [2.75, 3.05) is 11.9 Å². The average Bonchev–Trinajstić information content (AvgIpc) is 3.15. The van der Waals surface area contributed by atoms with E-state index in [4.69, 9.17) is 4.52 Å². The van der Waals surface area contributed by atoms with E-state index < -0.39 is 16.1 Å². The van der Waals surface area contributed by atoms with Gasteiger partial charge in [-0.05, 0) is 67.5 Å². The number of aromatic nitrogens is 1. The summed E-state index contributed by atoms with van der Waals surface area (Å²) in [5, 5.41) is 6.53. The summed E-state index contributed by atoms with van der Waals surface area (Å²) in [5.74, 6) is -0.0870. The molecule has 2 aromatic rings. The topological polar surface area (TPSA) is 92.5 Å². The van der Waals surface area contributed by atoms with Crippen molar-refractivity contribution in [2.24, 2.45) is 0 Å². The van der Waals surface area contributed by atoms with Crippen LogP contribution in [0.25, 0.3) is 0 Å². The lowest BCUT2D eigenvalue weighted by Gasteiger charge is -2.23. The molecule has 1 aliphatic heterocycles.